The van der Waals surface area contributed by atoms with E-state index in [1.165, 1.54) is 24.3 Å². The van der Waals surface area contributed by atoms with Gasteiger partial charge in [0.2, 0.25) is 0 Å². The van der Waals surface area contributed by atoms with Crippen molar-refractivity contribution in [2.45, 2.75) is 19.6 Å². The summed E-state index contributed by atoms with van der Waals surface area (Å²) in [6.45, 7) is -0.970. The van der Waals surface area contributed by atoms with Crippen molar-refractivity contribution in [1.82, 2.24) is 0 Å². The highest BCUT2D eigenvalue weighted by atomic mass is 79.9. The molecule has 0 aliphatic carbocycles. The van der Waals surface area contributed by atoms with Gasteiger partial charge in [-0.2, -0.15) is 8.78 Å². The molecule has 0 bridgehead atoms. The first-order valence-corrected chi connectivity index (χ1v) is 7.01. The van der Waals surface area contributed by atoms with Crippen LogP contribution in [0.15, 0.2) is 46.9 Å². The molecule has 0 heterocycles. The van der Waals surface area contributed by atoms with Gasteiger partial charge in [0.05, 0.1) is 0 Å². The molecule has 21 heavy (non-hydrogen) atoms. The molecule has 6 heteroatoms. The number of rotatable bonds is 5. The lowest BCUT2D eigenvalue weighted by atomic mass is 10.1. The lowest BCUT2D eigenvalue weighted by Crippen LogP contribution is -2.08. The van der Waals surface area contributed by atoms with Crippen LogP contribution in [0.25, 0.3) is 0 Å². The Bertz CT molecular complexity index is 622. The minimum absolute atomic E-state index is 0.0837. The molecule has 0 aliphatic rings. The first kappa shape index (κ1) is 15.7. The lowest BCUT2D eigenvalue weighted by Gasteiger charge is -2.18. The van der Waals surface area contributed by atoms with Gasteiger partial charge in [-0.15, -0.1) is 0 Å². The second-order valence-corrected chi connectivity index (χ2v) is 5.29. The minimum atomic E-state index is -2.86. The molecule has 1 unspecified atom stereocenters. The third-order valence-corrected chi connectivity index (χ3v) is 3.56. The summed E-state index contributed by atoms with van der Waals surface area (Å²) in [6.07, 6.45) is 0. The fraction of sp³-hybridized carbons (Fsp3) is 0.200. The number of hydrogen-bond donors (Lipinski definition) is 1. The Kier molecular flexibility index (Phi) is 5.12. The number of ether oxygens (including phenoxy) is 1. The molecule has 112 valence electrons. The molecule has 2 aromatic rings. The molecule has 0 fully saturated rings. The maximum atomic E-state index is 13.1. The molecule has 0 aliphatic heterocycles. The Morgan fingerprint density at radius 3 is 2.57 bits per heavy atom. The van der Waals surface area contributed by atoms with Gasteiger partial charge in [0, 0.05) is 22.3 Å². The van der Waals surface area contributed by atoms with Crippen molar-refractivity contribution in [1.29, 1.82) is 0 Å². The van der Waals surface area contributed by atoms with Gasteiger partial charge in [0.15, 0.2) is 0 Å². The third-order valence-electron chi connectivity index (χ3n) is 2.87. The zero-order valence-electron chi connectivity index (χ0n) is 11.1. The summed E-state index contributed by atoms with van der Waals surface area (Å²) in [4.78, 5) is 0. The van der Waals surface area contributed by atoms with Gasteiger partial charge in [-0.25, -0.2) is 4.39 Å². The largest absolute Gasteiger partial charge is 0.435 e. The van der Waals surface area contributed by atoms with E-state index in [-0.39, 0.29) is 17.6 Å². The van der Waals surface area contributed by atoms with E-state index in [0.29, 0.717) is 10.2 Å². The summed E-state index contributed by atoms with van der Waals surface area (Å²) in [7, 11) is 0. The van der Waals surface area contributed by atoms with Gasteiger partial charge in [0.1, 0.15) is 11.6 Å². The van der Waals surface area contributed by atoms with E-state index in [4.69, 9.17) is 0 Å². The first-order chi connectivity index (χ1) is 9.95. The number of alkyl halides is 2. The summed E-state index contributed by atoms with van der Waals surface area (Å²) in [6, 6.07) is 10.6. The van der Waals surface area contributed by atoms with Crippen molar-refractivity contribution in [2.75, 3.05) is 5.32 Å². The molecule has 2 aromatic carbocycles. The smallest absolute Gasteiger partial charge is 0.387 e. The highest BCUT2D eigenvalue weighted by molar-refractivity contribution is 9.10. The number of hydrogen-bond acceptors (Lipinski definition) is 2. The van der Waals surface area contributed by atoms with Gasteiger partial charge in [-0.05, 0) is 36.8 Å². The van der Waals surface area contributed by atoms with Crippen LogP contribution in [0.1, 0.15) is 18.5 Å². The lowest BCUT2D eigenvalue weighted by molar-refractivity contribution is -0.0498. The van der Waals surface area contributed by atoms with Gasteiger partial charge in [-0.1, -0.05) is 28.1 Å². The van der Waals surface area contributed by atoms with Crippen molar-refractivity contribution < 1.29 is 17.9 Å². The molecule has 0 radical (unpaired) electrons. The van der Waals surface area contributed by atoms with Gasteiger partial charge < -0.3 is 10.1 Å². The molecular weight excluding hydrogens is 347 g/mol. The maximum Gasteiger partial charge on any atom is 0.387 e. The minimum Gasteiger partial charge on any atom is -0.435 e. The summed E-state index contributed by atoms with van der Waals surface area (Å²) < 4.78 is 42.4. The molecule has 0 saturated heterocycles. The molecule has 2 nitrogen and oxygen atoms in total. The van der Waals surface area contributed by atoms with Crippen molar-refractivity contribution in [3.8, 4) is 5.75 Å². The second-order valence-electron chi connectivity index (χ2n) is 4.44. The Balaban J connectivity index is 2.13. The molecule has 2 rings (SSSR count). The summed E-state index contributed by atoms with van der Waals surface area (Å²) in [5.41, 5.74) is 1.49. The van der Waals surface area contributed by atoms with Crippen LogP contribution < -0.4 is 10.1 Å². The van der Waals surface area contributed by atoms with E-state index >= 15 is 0 Å². The monoisotopic (exact) mass is 359 g/mol. The van der Waals surface area contributed by atoms with Crippen LogP contribution in [0, 0.1) is 5.82 Å². The Morgan fingerprint density at radius 2 is 1.90 bits per heavy atom. The standard InChI is InChI=1S/C15H13BrF3NO/c1-9(13-6-5-10(17)7-14(13)16)20-11-3-2-4-12(8-11)21-15(18)19/h2-9,15,20H,1H3. The van der Waals surface area contributed by atoms with Crippen LogP contribution in [0.2, 0.25) is 0 Å². The van der Waals surface area contributed by atoms with Crippen molar-refractivity contribution >= 4 is 21.6 Å². The fourth-order valence-electron chi connectivity index (χ4n) is 1.94. The Morgan fingerprint density at radius 1 is 1.14 bits per heavy atom. The maximum absolute atomic E-state index is 13.1. The average Bonchev–Trinajstić information content (AvgIpc) is 2.37. The van der Waals surface area contributed by atoms with Crippen LogP contribution in [-0.4, -0.2) is 6.61 Å². The summed E-state index contributed by atoms with van der Waals surface area (Å²) in [5, 5.41) is 3.15. The van der Waals surface area contributed by atoms with Crippen LogP contribution in [0.5, 0.6) is 5.75 Å². The van der Waals surface area contributed by atoms with Crippen LogP contribution in [0.4, 0.5) is 18.9 Å². The predicted molar refractivity (Wildman–Crippen MR) is 79.2 cm³/mol. The van der Waals surface area contributed by atoms with E-state index < -0.39 is 6.61 Å². The second kappa shape index (κ2) is 6.85. The van der Waals surface area contributed by atoms with Crippen molar-refractivity contribution in [2.24, 2.45) is 0 Å². The quantitative estimate of drug-likeness (QED) is 0.775. The third kappa shape index (κ3) is 4.39. The van der Waals surface area contributed by atoms with E-state index in [0.717, 1.165) is 5.56 Å². The topological polar surface area (TPSA) is 21.3 Å². The van der Waals surface area contributed by atoms with Crippen LogP contribution in [0.3, 0.4) is 0 Å². The molecule has 0 saturated carbocycles. The van der Waals surface area contributed by atoms with E-state index in [1.54, 1.807) is 18.2 Å². The summed E-state index contributed by atoms with van der Waals surface area (Å²) in [5.74, 6) is -0.245. The molecular formula is C15H13BrF3NO. The molecule has 1 atom stereocenters. The number of halogens is 4. The Hall–Kier alpha value is -1.69. The van der Waals surface area contributed by atoms with Crippen molar-refractivity contribution in [3.63, 3.8) is 0 Å². The fourth-order valence-corrected chi connectivity index (χ4v) is 2.64. The van der Waals surface area contributed by atoms with Crippen LogP contribution >= 0.6 is 15.9 Å². The predicted octanol–water partition coefficient (Wildman–Crippen LogP) is 5.36. The van der Waals surface area contributed by atoms with Gasteiger partial charge in [-0.3, -0.25) is 0 Å². The highest BCUT2D eigenvalue weighted by Crippen LogP contribution is 2.28. The van der Waals surface area contributed by atoms with E-state index in [2.05, 4.69) is 26.0 Å². The van der Waals surface area contributed by atoms with Crippen molar-refractivity contribution in [3.05, 3.63) is 58.3 Å². The van der Waals surface area contributed by atoms with Crippen LogP contribution in [-0.2, 0) is 0 Å². The van der Waals surface area contributed by atoms with E-state index in [1.807, 2.05) is 6.92 Å². The Labute approximate surface area is 129 Å². The molecule has 0 aromatic heterocycles. The molecule has 0 spiro atoms. The number of benzene rings is 2. The number of anilines is 1. The normalized spacial score (nSPS) is 12.3. The zero-order valence-corrected chi connectivity index (χ0v) is 12.7. The van der Waals surface area contributed by atoms with E-state index in [9.17, 15) is 13.2 Å². The van der Waals surface area contributed by atoms with Gasteiger partial charge >= 0.3 is 6.61 Å². The number of nitrogens with one attached hydrogen (secondary N) is 1. The summed E-state index contributed by atoms with van der Waals surface area (Å²) >= 11 is 3.30. The highest BCUT2D eigenvalue weighted by Gasteiger charge is 2.11. The first-order valence-electron chi connectivity index (χ1n) is 6.22. The molecule has 0 amide bonds. The SMILES string of the molecule is CC(Nc1cccc(OC(F)F)c1)c1ccc(F)cc1Br. The van der Waals surface area contributed by atoms with Gasteiger partial charge in [0.25, 0.3) is 0 Å². The average molecular weight is 360 g/mol. The molecule has 1 N–H and O–H groups in total. The zero-order chi connectivity index (χ0) is 15.4.